The van der Waals surface area contributed by atoms with Crippen molar-refractivity contribution in [2.24, 2.45) is 4.99 Å². The molecule has 0 aliphatic rings. The van der Waals surface area contributed by atoms with Gasteiger partial charge in [-0.1, -0.05) is 23.2 Å². The fraction of sp³-hybridized carbons (Fsp3) is 0.188. The van der Waals surface area contributed by atoms with Gasteiger partial charge < -0.3 is 15.5 Å². The van der Waals surface area contributed by atoms with Crippen LogP contribution in [0.2, 0.25) is 10.0 Å². The number of aliphatic imine (C=N–C) groups is 1. The Bertz CT molecular complexity index is 794. The average Bonchev–Trinajstić information content (AvgIpc) is 2.55. The lowest BCUT2D eigenvalue weighted by Gasteiger charge is -2.08. The van der Waals surface area contributed by atoms with Crippen LogP contribution in [-0.2, 0) is 11.4 Å². The first-order valence-electron chi connectivity index (χ1n) is 6.95. The Morgan fingerprint density at radius 2 is 2.17 bits per heavy atom. The number of carbonyl (C=O) groups is 1. The summed E-state index contributed by atoms with van der Waals surface area (Å²) in [4.78, 5) is 19.9. The maximum atomic E-state index is 11.9. The third kappa shape index (κ3) is 4.44. The molecule has 3 N–H and O–H groups in total. The van der Waals surface area contributed by atoms with Gasteiger partial charge in [0.05, 0.1) is 23.0 Å². The quantitative estimate of drug-likeness (QED) is 0.708. The number of carbonyl (C=O) groups excluding carboxylic acids is 1. The number of halogens is 2. The maximum Gasteiger partial charge on any atom is 0.246 e. The molecule has 0 fully saturated rings. The molecule has 0 bridgehead atoms. The van der Waals surface area contributed by atoms with Crippen molar-refractivity contribution in [2.75, 3.05) is 11.9 Å². The number of pyridine rings is 1. The van der Waals surface area contributed by atoms with E-state index in [1.165, 1.54) is 18.5 Å². The molecule has 0 aliphatic heterocycles. The van der Waals surface area contributed by atoms with E-state index in [1.807, 2.05) is 0 Å². The molecule has 1 heterocycles. The second-order valence-corrected chi connectivity index (χ2v) is 5.78. The molecule has 0 saturated carbocycles. The molecule has 6 nitrogen and oxygen atoms in total. The van der Waals surface area contributed by atoms with E-state index < -0.39 is 5.91 Å². The summed E-state index contributed by atoms with van der Waals surface area (Å²) < 4.78 is 0. The molecule has 0 aliphatic carbocycles. The fourth-order valence-corrected chi connectivity index (χ4v) is 2.26. The highest BCUT2D eigenvalue weighted by Gasteiger charge is 2.10. The Morgan fingerprint density at radius 1 is 1.42 bits per heavy atom. The summed E-state index contributed by atoms with van der Waals surface area (Å²) in [5.41, 5.74) is 1.55. The van der Waals surface area contributed by atoms with E-state index in [0.29, 0.717) is 32.6 Å². The van der Waals surface area contributed by atoms with Crippen LogP contribution < -0.4 is 5.32 Å². The van der Waals surface area contributed by atoms with Crippen LogP contribution in [0.1, 0.15) is 16.8 Å². The van der Waals surface area contributed by atoms with Gasteiger partial charge >= 0.3 is 0 Å². The van der Waals surface area contributed by atoms with Crippen molar-refractivity contribution in [3.8, 4) is 5.75 Å². The molecule has 24 heavy (non-hydrogen) atoms. The van der Waals surface area contributed by atoms with Gasteiger partial charge in [0.15, 0.2) is 0 Å². The average molecular weight is 368 g/mol. The SMILES string of the molecule is Cc1ncc(CO)c(C=NCC(=O)Nc2cc(Cl)ccc2Cl)c1O. The van der Waals surface area contributed by atoms with Crippen LogP contribution >= 0.6 is 23.2 Å². The molecule has 0 radical (unpaired) electrons. The zero-order valence-corrected chi connectivity index (χ0v) is 14.3. The van der Waals surface area contributed by atoms with Crippen molar-refractivity contribution in [1.82, 2.24) is 4.98 Å². The lowest BCUT2D eigenvalue weighted by atomic mass is 10.1. The first-order valence-corrected chi connectivity index (χ1v) is 7.71. The van der Waals surface area contributed by atoms with Crippen LogP contribution in [-0.4, -0.2) is 33.9 Å². The number of nitrogens with zero attached hydrogens (tertiary/aromatic N) is 2. The van der Waals surface area contributed by atoms with Crippen LogP contribution in [0.15, 0.2) is 29.4 Å². The number of anilines is 1. The predicted molar refractivity (Wildman–Crippen MR) is 94.1 cm³/mol. The zero-order valence-electron chi connectivity index (χ0n) is 12.8. The highest BCUT2D eigenvalue weighted by atomic mass is 35.5. The highest BCUT2D eigenvalue weighted by Crippen LogP contribution is 2.25. The van der Waals surface area contributed by atoms with Crippen molar-refractivity contribution < 1.29 is 15.0 Å². The molecule has 0 atom stereocenters. The minimum absolute atomic E-state index is 0.0800. The number of hydrogen-bond acceptors (Lipinski definition) is 5. The van der Waals surface area contributed by atoms with Gasteiger partial charge in [-0.3, -0.25) is 14.8 Å². The molecule has 2 aromatic rings. The van der Waals surface area contributed by atoms with Crippen LogP contribution in [0.5, 0.6) is 5.75 Å². The summed E-state index contributed by atoms with van der Waals surface area (Å²) in [6, 6.07) is 4.73. The summed E-state index contributed by atoms with van der Waals surface area (Å²) in [6.45, 7) is 1.14. The molecule has 1 amide bonds. The lowest BCUT2D eigenvalue weighted by Crippen LogP contribution is -2.15. The molecule has 0 saturated heterocycles. The molecule has 126 valence electrons. The van der Waals surface area contributed by atoms with Crippen LogP contribution in [0.25, 0.3) is 0 Å². The van der Waals surface area contributed by atoms with Gasteiger partial charge in [-0.2, -0.15) is 0 Å². The van der Waals surface area contributed by atoms with E-state index in [0.717, 1.165) is 0 Å². The van der Waals surface area contributed by atoms with E-state index in [2.05, 4.69) is 15.3 Å². The van der Waals surface area contributed by atoms with E-state index in [9.17, 15) is 15.0 Å². The molecule has 8 heteroatoms. The van der Waals surface area contributed by atoms with Crippen molar-refractivity contribution >= 4 is 41.0 Å². The predicted octanol–water partition coefficient (Wildman–Crippen LogP) is 2.95. The molecule has 0 spiro atoms. The van der Waals surface area contributed by atoms with Gasteiger partial charge in [-0.15, -0.1) is 0 Å². The van der Waals surface area contributed by atoms with Gasteiger partial charge in [0.1, 0.15) is 12.3 Å². The number of aromatic nitrogens is 1. The second-order valence-electron chi connectivity index (χ2n) is 4.93. The van der Waals surface area contributed by atoms with Gasteiger partial charge in [-0.25, -0.2) is 0 Å². The molecular formula is C16H15Cl2N3O3. The number of hydrogen-bond donors (Lipinski definition) is 3. The Balaban J connectivity index is 2.08. The summed E-state index contributed by atoms with van der Waals surface area (Å²) in [7, 11) is 0. The number of nitrogens with one attached hydrogen (secondary N) is 1. The molecule has 1 aromatic carbocycles. The Hall–Kier alpha value is -2.15. The Morgan fingerprint density at radius 3 is 2.88 bits per heavy atom. The largest absolute Gasteiger partial charge is 0.505 e. The number of aliphatic hydroxyl groups is 1. The number of amides is 1. The molecular weight excluding hydrogens is 353 g/mol. The van der Waals surface area contributed by atoms with Crippen molar-refractivity contribution in [3.63, 3.8) is 0 Å². The summed E-state index contributed by atoms with van der Waals surface area (Å²) >= 11 is 11.8. The smallest absolute Gasteiger partial charge is 0.246 e. The Kier molecular flexibility index (Phi) is 6.14. The van der Waals surface area contributed by atoms with E-state index in [1.54, 1.807) is 19.1 Å². The summed E-state index contributed by atoms with van der Waals surface area (Å²) in [5, 5.41) is 22.7. The number of benzene rings is 1. The number of aromatic hydroxyl groups is 1. The van der Waals surface area contributed by atoms with Crippen LogP contribution in [0, 0.1) is 6.92 Å². The topological polar surface area (TPSA) is 94.8 Å². The maximum absolute atomic E-state index is 11.9. The van der Waals surface area contributed by atoms with Gasteiger partial charge in [0, 0.05) is 28.6 Å². The summed E-state index contributed by atoms with van der Waals surface area (Å²) in [6.07, 6.45) is 2.77. The van der Waals surface area contributed by atoms with Crippen LogP contribution in [0.4, 0.5) is 5.69 Å². The first kappa shape index (κ1) is 18.2. The number of aryl methyl sites for hydroxylation is 1. The molecule has 1 aromatic heterocycles. The van der Waals surface area contributed by atoms with Gasteiger partial charge in [0.25, 0.3) is 0 Å². The number of rotatable bonds is 5. The van der Waals surface area contributed by atoms with E-state index in [-0.39, 0.29) is 18.9 Å². The van der Waals surface area contributed by atoms with E-state index in [4.69, 9.17) is 23.2 Å². The van der Waals surface area contributed by atoms with Gasteiger partial charge in [0.2, 0.25) is 5.91 Å². The fourth-order valence-electron chi connectivity index (χ4n) is 1.93. The number of aliphatic hydroxyl groups excluding tert-OH is 1. The lowest BCUT2D eigenvalue weighted by molar-refractivity contribution is -0.114. The third-order valence-corrected chi connectivity index (χ3v) is 3.75. The monoisotopic (exact) mass is 367 g/mol. The third-order valence-electron chi connectivity index (χ3n) is 3.19. The van der Waals surface area contributed by atoms with Crippen LogP contribution in [0.3, 0.4) is 0 Å². The minimum Gasteiger partial charge on any atom is -0.505 e. The minimum atomic E-state index is -0.397. The zero-order chi connectivity index (χ0) is 17.7. The molecule has 0 unspecified atom stereocenters. The van der Waals surface area contributed by atoms with Crippen molar-refractivity contribution in [1.29, 1.82) is 0 Å². The van der Waals surface area contributed by atoms with Crippen molar-refractivity contribution in [2.45, 2.75) is 13.5 Å². The Labute approximate surface area is 148 Å². The molecule has 2 rings (SSSR count). The standard InChI is InChI=1S/C16H15Cl2N3O3/c1-9-16(24)12(10(8-22)5-20-9)6-19-7-15(23)21-14-4-11(17)2-3-13(14)18/h2-6,22,24H,7-8H2,1H3,(H,21,23). The normalized spacial score (nSPS) is 11.0. The van der Waals surface area contributed by atoms with Gasteiger partial charge in [-0.05, 0) is 25.1 Å². The highest BCUT2D eigenvalue weighted by molar-refractivity contribution is 6.35. The second kappa shape index (κ2) is 8.10. The summed E-state index contributed by atoms with van der Waals surface area (Å²) in [5.74, 6) is -0.477. The van der Waals surface area contributed by atoms with Crippen molar-refractivity contribution in [3.05, 3.63) is 51.3 Å². The first-order chi connectivity index (χ1) is 11.4. The van der Waals surface area contributed by atoms with E-state index >= 15 is 0 Å².